The van der Waals surface area contributed by atoms with Crippen molar-refractivity contribution in [3.05, 3.63) is 65.2 Å². The molecule has 0 fully saturated rings. The Kier molecular flexibility index (Phi) is 6.29. The summed E-state index contributed by atoms with van der Waals surface area (Å²) in [5.74, 6) is 1.00. The molecule has 0 radical (unpaired) electrons. The summed E-state index contributed by atoms with van der Waals surface area (Å²) in [6.07, 6.45) is 2.05. The van der Waals surface area contributed by atoms with Crippen LogP contribution in [0.15, 0.2) is 48.5 Å². The van der Waals surface area contributed by atoms with Gasteiger partial charge in [-0.3, -0.25) is 0 Å². The molecule has 0 amide bonds. The monoisotopic (exact) mass is 334 g/mol. The zero-order chi connectivity index (χ0) is 16.0. The molecular formula is C19H24ClOP. The van der Waals surface area contributed by atoms with Gasteiger partial charge in [-0.1, -0.05) is 73.6 Å². The summed E-state index contributed by atoms with van der Waals surface area (Å²) >= 11 is 6.37. The van der Waals surface area contributed by atoms with Gasteiger partial charge < -0.3 is 4.74 Å². The third-order valence-corrected chi connectivity index (χ3v) is 6.76. The lowest BCUT2D eigenvalue weighted by atomic mass is 9.90. The molecule has 0 saturated carbocycles. The van der Waals surface area contributed by atoms with Crippen molar-refractivity contribution < 1.29 is 4.74 Å². The number of hydrogen-bond acceptors (Lipinski definition) is 1. The Morgan fingerprint density at radius 2 is 1.68 bits per heavy atom. The lowest BCUT2D eigenvalue weighted by Crippen LogP contribution is -2.19. The molecule has 1 atom stereocenters. The number of aryl methyl sites for hydroxylation is 1. The van der Waals surface area contributed by atoms with Crippen LogP contribution >= 0.6 is 19.2 Å². The molecule has 1 nitrogen and oxygen atoms in total. The third kappa shape index (κ3) is 3.65. The highest BCUT2D eigenvalue weighted by Crippen LogP contribution is 2.53. The van der Waals surface area contributed by atoms with Gasteiger partial charge in [0.25, 0.3) is 0 Å². The van der Waals surface area contributed by atoms with Crippen LogP contribution in [0.3, 0.4) is 0 Å². The highest BCUT2D eigenvalue weighted by molar-refractivity contribution is 7.69. The zero-order valence-corrected chi connectivity index (χ0v) is 15.3. The second-order valence-corrected chi connectivity index (χ2v) is 7.32. The summed E-state index contributed by atoms with van der Waals surface area (Å²) in [6, 6.07) is 16.7. The number of halogens is 1. The van der Waals surface area contributed by atoms with Crippen LogP contribution in [0.25, 0.3) is 0 Å². The molecule has 3 heteroatoms. The maximum atomic E-state index is 6.37. The lowest BCUT2D eigenvalue weighted by molar-refractivity contribution is 0.296. The van der Waals surface area contributed by atoms with Crippen molar-refractivity contribution >= 4 is 19.2 Å². The van der Waals surface area contributed by atoms with Crippen molar-refractivity contribution in [1.82, 2.24) is 0 Å². The standard InChI is InChI=1S/C19H24ClOP/c1-4-19(5-2,22-20)17-13-9-10-15(3)18(17)21-14-16-11-7-6-8-12-16/h6-13,22H,4-5,14H2,1-3H3. The summed E-state index contributed by atoms with van der Waals surface area (Å²) < 4.78 is 6.21. The summed E-state index contributed by atoms with van der Waals surface area (Å²) in [4.78, 5) is 0. The number of rotatable bonds is 7. The molecule has 0 heterocycles. The molecule has 118 valence electrons. The minimum Gasteiger partial charge on any atom is -0.488 e. The van der Waals surface area contributed by atoms with E-state index in [9.17, 15) is 0 Å². The molecular weight excluding hydrogens is 311 g/mol. The number of para-hydroxylation sites is 1. The molecule has 22 heavy (non-hydrogen) atoms. The third-order valence-electron chi connectivity index (χ3n) is 4.34. The van der Waals surface area contributed by atoms with E-state index in [0.717, 1.165) is 18.6 Å². The van der Waals surface area contributed by atoms with Gasteiger partial charge in [0, 0.05) is 10.7 Å². The van der Waals surface area contributed by atoms with E-state index < -0.39 is 0 Å². The van der Waals surface area contributed by atoms with E-state index in [1.54, 1.807) is 0 Å². The van der Waals surface area contributed by atoms with E-state index in [2.05, 4.69) is 51.1 Å². The van der Waals surface area contributed by atoms with Crippen molar-refractivity contribution in [3.63, 3.8) is 0 Å². The molecule has 0 aliphatic carbocycles. The first-order chi connectivity index (χ1) is 10.7. The Morgan fingerprint density at radius 3 is 2.27 bits per heavy atom. The van der Waals surface area contributed by atoms with Crippen LogP contribution in [-0.2, 0) is 11.8 Å². The van der Waals surface area contributed by atoms with Crippen LogP contribution < -0.4 is 4.74 Å². The quantitative estimate of drug-likeness (QED) is 0.531. The van der Waals surface area contributed by atoms with Gasteiger partial charge in [0.2, 0.25) is 0 Å². The maximum Gasteiger partial charge on any atom is 0.126 e. The molecule has 0 aliphatic heterocycles. The Labute approximate surface area is 140 Å². The molecule has 0 aliphatic rings. The number of benzene rings is 2. The molecule has 2 rings (SSSR count). The average Bonchev–Trinajstić information content (AvgIpc) is 2.57. The van der Waals surface area contributed by atoms with E-state index in [1.165, 1.54) is 16.7 Å². The fourth-order valence-corrected chi connectivity index (χ4v) is 4.44. The van der Waals surface area contributed by atoms with Gasteiger partial charge in [-0.2, -0.15) is 0 Å². The Bertz CT molecular complexity index is 585. The van der Waals surface area contributed by atoms with E-state index in [1.807, 2.05) is 18.2 Å². The second-order valence-electron chi connectivity index (χ2n) is 5.61. The van der Waals surface area contributed by atoms with Crippen LogP contribution in [0.4, 0.5) is 0 Å². The lowest BCUT2D eigenvalue weighted by Gasteiger charge is -2.32. The highest BCUT2D eigenvalue weighted by atomic mass is 35.7. The number of hydrogen-bond donors (Lipinski definition) is 0. The molecule has 0 aromatic heterocycles. The summed E-state index contributed by atoms with van der Waals surface area (Å²) in [6.45, 7) is 7.12. The summed E-state index contributed by atoms with van der Waals surface area (Å²) in [7, 11) is 0.353. The van der Waals surface area contributed by atoms with Crippen molar-refractivity contribution in [2.45, 2.75) is 45.4 Å². The van der Waals surface area contributed by atoms with Gasteiger partial charge in [0.15, 0.2) is 0 Å². The van der Waals surface area contributed by atoms with Crippen LogP contribution in [0.5, 0.6) is 5.75 Å². The van der Waals surface area contributed by atoms with Crippen molar-refractivity contribution in [2.24, 2.45) is 0 Å². The molecule has 2 aromatic rings. The van der Waals surface area contributed by atoms with Gasteiger partial charge in [-0.25, -0.2) is 0 Å². The zero-order valence-electron chi connectivity index (χ0n) is 13.5. The summed E-state index contributed by atoms with van der Waals surface area (Å²) in [5.41, 5.74) is 3.61. The second kappa shape index (κ2) is 7.99. The van der Waals surface area contributed by atoms with Crippen molar-refractivity contribution in [3.8, 4) is 5.75 Å². The minimum atomic E-state index is 0.0135. The van der Waals surface area contributed by atoms with Crippen molar-refractivity contribution in [2.75, 3.05) is 0 Å². The van der Waals surface area contributed by atoms with Gasteiger partial charge >= 0.3 is 0 Å². The average molecular weight is 335 g/mol. The van der Waals surface area contributed by atoms with Crippen LogP contribution in [0.1, 0.15) is 43.4 Å². The molecule has 1 unspecified atom stereocenters. The van der Waals surface area contributed by atoms with Crippen LogP contribution in [0, 0.1) is 6.92 Å². The normalized spacial score (nSPS) is 12.0. The van der Waals surface area contributed by atoms with E-state index in [0.29, 0.717) is 14.5 Å². The fourth-order valence-electron chi connectivity index (χ4n) is 2.77. The van der Waals surface area contributed by atoms with Gasteiger partial charge in [0.05, 0.1) is 0 Å². The SMILES string of the molecule is CCC(CC)(PCl)c1cccc(C)c1OCc1ccccc1. The van der Waals surface area contributed by atoms with Crippen LogP contribution in [-0.4, -0.2) is 0 Å². The topological polar surface area (TPSA) is 9.23 Å². The maximum absolute atomic E-state index is 6.37. The van der Waals surface area contributed by atoms with E-state index in [4.69, 9.17) is 16.0 Å². The fraction of sp³-hybridized carbons (Fsp3) is 0.368. The Morgan fingerprint density at radius 1 is 1.00 bits per heavy atom. The molecule has 0 spiro atoms. The first-order valence-corrected chi connectivity index (χ1v) is 9.82. The summed E-state index contributed by atoms with van der Waals surface area (Å²) in [5, 5.41) is 0.0135. The Balaban J connectivity index is 2.34. The first-order valence-electron chi connectivity index (χ1n) is 7.81. The van der Waals surface area contributed by atoms with E-state index >= 15 is 0 Å². The molecule has 0 bridgehead atoms. The van der Waals surface area contributed by atoms with E-state index in [-0.39, 0.29) is 5.16 Å². The molecule has 0 N–H and O–H groups in total. The van der Waals surface area contributed by atoms with Gasteiger partial charge in [-0.15, -0.1) is 0 Å². The van der Waals surface area contributed by atoms with Crippen LogP contribution in [0.2, 0.25) is 0 Å². The van der Waals surface area contributed by atoms with Gasteiger partial charge in [0.1, 0.15) is 12.4 Å². The largest absolute Gasteiger partial charge is 0.488 e. The predicted molar refractivity (Wildman–Crippen MR) is 98.4 cm³/mol. The first kappa shape index (κ1) is 17.3. The predicted octanol–water partition coefficient (Wildman–Crippen LogP) is 6.42. The number of ether oxygens (including phenoxy) is 1. The molecule has 0 saturated heterocycles. The minimum absolute atomic E-state index is 0.0135. The Hall–Kier alpha value is -1.04. The highest BCUT2D eigenvalue weighted by Gasteiger charge is 2.31. The van der Waals surface area contributed by atoms with Gasteiger partial charge in [-0.05, 0) is 38.8 Å². The molecule has 2 aromatic carbocycles. The smallest absolute Gasteiger partial charge is 0.126 e. The van der Waals surface area contributed by atoms with Crippen molar-refractivity contribution in [1.29, 1.82) is 0 Å².